The molecule has 0 unspecified atom stereocenters. The summed E-state index contributed by atoms with van der Waals surface area (Å²) in [6, 6.07) is 9.93. The van der Waals surface area contributed by atoms with Gasteiger partial charge in [-0.05, 0) is 6.92 Å². The second-order valence-corrected chi connectivity index (χ2v) is 5.08. The highest BCUT2D eigenvalue weighted by atomic mass is 16.1. The molecule has 0 fully saturated rings. The summed E-state index contributed by atoms with van der Waals surface area (Å²) in [7, 11) is 1.85. The molecule has 1 N–H and O–H groups in total. The molecule has 0 aliphatic carbocycles. The molecule has 0 aliphatic rings. The largest absolute Gasteiger partial charge is 0.318 e. The van der Waals surface area contributed by atoms with E-state index in [2.05, 4.69) is 15.1 Å². The van der Waals surface area contributed by atoms with Gasteiger partial charge >= 0.3 is 0 Å². The number of hydrogen-bond acceptors (Lipinski definition) is 3. The van der Waals surface area contributed by atoms with E-state index in [0.29, 0.717) is 16.8 Å². The highest BCUT2D eigenvalue weighted by Crippen LogP contribution is 2.25. The van der Waals surface area contributed by atoms with Crippen molar-refractivity contribution in [3.63, 3.8) is 0 Å². The molecule has 0 saturated heterocycles. The molecule has 0 amide bonds. The number of benzene rings is 1. The average Bonchev–Trinajstić information content (AvgIpc) is 3.03. The molecular formula is C15H13N5O. The zero-order valence-electron chi connectivity index (χ0n) is 11.7. The molecule has 21 heavy (non-hydrogen) atoms. The van der Waals surface area contributed by atoms with Gasteiger partial charge in [-0.25, -0.2) is 4.98 Å². The maximum absolute atomic E-state index is 12.1. The Bertz CT molecular complexity index is 1020. The van der Waals surface area contributed by atoms with Gasteiger partial charge in [-0.15, -0.1) is 0 Å². The number of aryl methyl sites for hydroxylation is 2. The average molecular weight is 279 g/mol. The first-order chi connectivity index (χ1) is 10.2. The second kappa shape index (κ2) is 4.05. The van der Waals surface area contributed by atoms with Crippen LogP contribution in [0.2, 0.25) is 0 Å². The molecule has 3 heterocycles. The normalized spacial score (nSPS) is 11.5. The number of imidazole rings is 1. The monoisotopic (exact) mass is 279 g/mol. The first-order valence-electron chi connectivity index (χ1n) is 6.65. The zero-order chi connectivity index (χ0) is 14.6. The predicted molar refractivity (Wildman–Crippen MR) is 80.3 cm³/mol. The first kappa shape index (κ1) is 11.9. The summed E-state index contributed by atoms with van der Waals surface area (Å²) in [5, 5.41) is 4.67. The smallest absolute Gasteiger partial charge is 0.279 e. The third-order valence-electron chi connectivity index (χ3n) is 3.72. The third kappa shape index (κ3) is 1.56. The lowest BCUT2D eigenvalue weighted by atomic mass is 10.1. The predicted octanol–water partition coefficient (Wildman–Crippen LogP) is 1.88. The molecule has 6 nitrogen and oxygen atoms in total. The van der Waals surface area contributed by atoms with Gasteiger partial charge in [-0.1, -0.05) is 30.3 Å². The van der Waals surface area contributed by atoms with Crippen molar-refractivity contribution in [2.45, 2.75) is 6.92 Å². The summed E-state index contributed by atoms with van der Waals surface area (Å²) in [5.41, 5.74) is 4.43. The number of nitrogens with one attached hydrogen (secondary N) is 1. The Morgan fingerprint density at radius 3 is 2.71 bits per heavy atom. The van der Waals surface area contributed by atoms with Gasteiger partial charge in [0, 0.05) is 18.2 Å². The molecule has 0 bridgehead atoms. The minimum absolute atomic E-state index is 0.194. The fourth-order valence-electron chi connectivity index (χ4n) is 2.67. The molecule has 3 aromatic heterocycles. The number of H-pyrrole nitrogens is 1. The van der Waals surface area contributed by atoms with Crippen molar-refractivity contribution in [2.24, 2.45) is 7.05 Å². The van der Waals surface area contributed by atoms with E-state index in [1.165, 1.54) is 0 Å². The summed E-state index contributed by atoms with van der Waals surface area (Å²) in [5.74, 6) is 0. The molecule has 4 aromatic rings. The SMILES string of the molecule is Cc1c(-c2ccccc2)nn2c1[nH]c(=O)c1ncn(C)c12. The number of aromatic nitrogens is 5. The van der Waals surface area contributed by atoms with Crippen molar-refractivity contribution in [2.75, 3.05) is 0 Å². The summed E-state index contributed by atoms with van der Waals surface area (Å²) in [4.78, 5) is 19.1. The van der Waals surface area contributed by atoms with Gasteiger partial charge in [-0.2, -0.15) is 9.61 Å². The van der Waals surface area contributed by atoms with Crippen LogP contribution in [0, 0.1) is 6.92 Å². The lowest BCUT2D eigenvalue weighted by molar-refractivity contribution is 0.874. The molecule has 1 aromatic carbocycles. The van der Waals surface area contributed by atoms with Crippen molar-refractivity contribution < 1.29 is 0 Å². The van der Waals surface area contributed by atoms with E-state index < -0.39 is 0 Å². The van der Waals surface area contributed by atoms with E-state index in [4.69, 9.17) is 0 Å². The standard InChI is InChI=1S/C15H13N5O/c1-9-11(10-6-4-3-5-7-10)18-20-13(9)17-14(21)12-15(20)19(2)8-16-12/h3-8H,1-2H3,(H,17,21). The second-order valence-electron chi connectivity index (χ2n) is 5.08. The number of rotatable bonds is 1. The highest BCUT2D eigenvalue weighted by Gasteiger charge is 2.16. The van der Waals surface area contributed by atoms with Crippen molar-refractivity contribution in [1.82, 2.24) is 24.1 Å². The Morgan fingerprint density at radius 1 is 1.19 bits per heavy atom. The molecule has 0 aliphatic heterocycles. The molecule has 6 heteroatoms. The van der Waals surface area contributed by atoms with Gasteiger partial charge in [0.2, 0.25) is 0 Å². The van der Waals surface area contributed by atoms with Crippen molar-refractivity contribution in [3.8, 4) is 11.3 Å². The first-order valence-corrected chi connectivity index (χ1v) is 6.65. The van der Waals surface area contributed by atoms with Crippen LogP contribution in [0.15, 0.2) is 41.5 Å². The maximum Gasteiger partial charge on any atom is 0.279 e. The van der Waals surface area contributed by atoms with Gasteiger partial charge < -0.3 is 9.55 Å². The van der Waals surface area contributed by atoms with Crippen LogP contribution in [-0.2, 0) is 7.05 Å². The fourth-order valence-corrected chi connectivity index (χ4v) is 2.67. The number of fused-ring (bicyclic) bond motifs is 3. The van der Waals surface area contributed by atoms with E-state index in [9.17, 15) is 4.79 Å². The fraction of sp³-hybridized carbons (Fsp3) is 0.133. The summed E-state index contributed by atoms with van der Waals surface area (Å²) < 4.78 is 3.56. The molecule has 0 spiro atoms. The number of aromatic amines is 1. The minimum atomic E-state index is -0.194. The quantitative estimate of drug-likeness (QED) is 0.578. The van der Waals surface area contributed by atoms with Crippen LogP contribution < -0.4 is 5.56 Å². The Hall–Kier alpha value is -2.89. The lowest BCUT2D eigenvalue weighted by Gasteiger charge is -1.98. The van der Waals surface area contributed by atoms with Gasteiger partial charge in [0.15, 0.2) is 11.2 Å². The molecule has 0 saturated carbocycles. The van der Waals surface area contributed by atoms with Crippen LogP contribution in [0.4, 0.5) is 0 Å². The Morgan fingerprint density at radius 2 is 1.95 bits per heavy atom. The van der Waals surface area contributed by atoms with Gasteiger partial charge in [0.1, 0.15) is 5.65 Å². The van der Waals surface area contributed by atoms with Crippen LogP contribution in [0.3, 0.4) is 0 Å². The topological polar surface area (TPSA) is 68.0 Å². The van der Waals surface area contributed by atoms with E-state index >= 15 is 0 Å². The van der Waals surface area contributed by atoms with Crippen LogP contribution in [-0.4, -0.2) is 24.1 Å². The van der Waals surface area contributed by atoms with Gasteiger partial charge in [-0.3, -0.25) is 4.79 Å². The zero-order valence-corrected chi connectivity index (χ0v) is 11.7. The number of hydrogen-bond donors (Lipinski definition) is 1. The Labute approximate surface area is 119 Å². The summed E-state index contributed by atoms with van der Waals surface area (Å²) >= 11 is 0. The summed E-state index contributed by atoms with van der Waals surface area (Å²) in [6.45, 7) is 1.96. The lowest BCUT2D eigenvalue weighted by Crippen LogP contribution is -2.11. The van der Waals surface area contributed by atoms with Crippen LogP contribution >= 0.6 is 0 Å². The number of nitrogens with zero attached hydrogens (tertiary/aromatic N) is 4. The third-order valence-corrected chi connectivity index (χ3v) is 3.72. The van der Waals surface area contributed by atoms with Crippen molar-refractivity contribution in [1.29, 1.82) is 0 Å². The Balaban J connectivity index is 2.18. The van der Waals surface area contributed by atoms with Gasteiger partial charge in [0.25, 0.3) is 5.56 Å². The van der Waals surface area contributed by atoms with Gasteiger partial charge in [0.05, 0.1) is 12.0 Å². The van der Waals surface area contributed by atoms with E-state index in [1.807, 2.05) is 44.3 Å². The van der Waals surface area contributed by atoms with E-state index in [-0.39, 0.29) is 5.56 Å². The molecule has 0 atom stereocenters. The minimum Gasteiger partial charge on any atom is -0.318 e. The molecule has 4 rings (SSSR count). The van der Waals surface area contributed by atoms with Crippen LogP contribution in [0.25, 0.3) is 28.1 Å². The molecule has 104 valence electrons. The summed E-state index contributed by atoms with van der Waals surface area (Å²) in [6.07, 6.45) is 1.62. The highest BCUT2D eigenvalue weighted by molar-refractivity contribution is 5.78. The van der Waals surface area contributed by atoms with E-state index in [0.717, 1.165) is 16.8 Å². The van der Waals surface area contributed by atoms with E-state index in [1.54, 1.807) is 15.4 Å². The molecule has 0 radical (unpaired) electrons. The van der Waals surface area contributed by atoms with Crippen LogP contribution in [0.5, 0.6) is 0 Å². The van der Waals surface area contributed by atoms with Crippen molar-refractivity contribution in [3.05, 3.63) is 52.6 Å². The molecular weight excluding hydrogens is 266 g/mol. The van der Waals surface area contributed by atoms with Crippen molar-refractivity contribution >= 4 is 16.8 Å². The maximum atomic E-state index is 12.1. The Kier molecular flexibility index (Phi) is 2.29. The van der Waals surface area contributed by atoms with Crippen LogP contribution in [0.1, 0.15) is 5.56 Å².